The number of hydrogen-bond donors (Lipinski definition) is 2. The maximum Gasteiger partial charge on any atom is 0.408 e. The molecule has 23 heavy (non-hydrogen) atoms. The summed E-state index contributed by atoms with van der Waals surface area (Å²) < 4.78 is 65.9. The van der Waals surface area contributed by atoms with Crippen LogP contribution in [0.3, 0.4) is 0 Å². The Kier molecular flexibility index (Phi) is 4.83. The quantitative estimate of drug-likeness (QED) is 0.823. The van der Waals surface area contributed by atoms with Gasteiger partial charge in [-0.2, -0.15) is 13.2 Å². The summed E-state index contributed by atoms with van der Waals surface area (Å²) in [6, 6.07) is -0.892. The standard InChI is InChI=1S/C13H12F5N3O2/c14-8-3-1-2-7(10(8)15)11(13(16,17)18)20-6-9(22)21-5-4-19-12(21)23/h1-3,11,20H,4-6H2,(H,19,23)/t11-/m1/s1. The van der Waals surface area contributed by atoms with Gasteiger partial charge in [-0.15, -0.1) is 0 Å². The van der Waals surface area contributed by atoms with Gasteiger partial charge >= 0.3 is 12.2 Å². The topological polar surface area (TPSA) is 61.4 Å². The zero-order valence-electron chi connectivity index (χ0n) is 11.6. The number of imide groups is 1. The van der Waals surface area contributed by atoms with Gasteiger partial charge in [-0.3, -0.25) is 15.0 Å². The summed E-state index contributed by atoms with van der Waals surface area (Å²) in [5.41, 5.74) is -0.962. The molecule has 1 saturated heterocycles. The lowest BCUT2D eigenvalue weighted by Crippen LogP contribution is -2.44. The number of amides is 3. The molecule has 1 aliphatic rings. The van der Waals surface area contributed by atoms with Crippen LogP contribution in [0.25, 0.3) is 0 Å². The number of benzene rings is 1. The highest BCUT2D eigenvalue weighted by molar-refractivity contribution is 5.96. The van der Waals surface area contributed by atoms with E-state index in [9.17, 15) is 31.5 Å². The molecule has 10 heteroatoms. The van der Waals surface area contributed by atoms with Gasteiger partial charge in [0.05, 0.1) is 6.54 Å². The molecule has 0 aliphatic carbocycles. The van der Waals surface area contributed by atoms with Crippen molar-refractivity contribution in [2.24, 2.45) is 0 Å². The normalized spacial score (nSPS) is 16.4. The Bertz CT molecular complexity index is 620. The Morgan fingerprint density at radius 1 is 1.35 bits per heavy atom. The monoisotopic (exact) mass is 337 g/mol. The van der Waals surface area contributed by atoms with Gasteiger partial charge in [-0.25, -0.2) is 13.6 Å². The molecule has 126 valence electrons. The number of urea groups is 1. The van der Waals surface area contributed by atoms with E-state index >= 15 is 0 Å². The predicted octanol–water partition coefficient (Wildman–Crippen LogP) is 1.71. The van der Waals surface area contributed by atoms with Crippen molar-refractivity contribution >= 4 is 11.9 Å². The van der Waals surface area contributed by atoms with Crippen LogP contribution in [0.5, 0.6) is 0 Å². The zero-order chi connectivity index (χ0) is 17.2. The largest absolute Gasteiger partial charge is 0.408 e. The van der Waals surface area contributed by atoms with Gasteiger partial charge in [0, 0.05) is 18.7 Å². The van der Waals surface area contributed by atoms with Crippen molar-refractivity contribution in [3.63, 3.8) is 0 Å². The van der Waals surface area contributed by atoms with Gasteiger partial charge in [0.25, 0.3) is 0 Å². The Labute approximate surface area is 127 Å². The lowest BCUT2D eigenvalue weighted by atomic mass is 10.1. The Morgan fingerprint density at radius 2 is 2.04 bits per heavy atom. The second kappa shape index (κ2) is 6.49. The average Bonchev–Trinajstić information content (AvgIpc) is 2.88. The number of carbonyl (C=O) groups excluding carboxylic acids is 2. The number of nitrogens with zero attached hydrogens (tertiary/aromatic N) is 1. The van der Waals surface area contributed by atoms with Crippen molar-refractivity contribution < 1.29 is 31.5 Å². The van der Waals surface area contributed by atoms with Crippen LogP contribution in [0.15, 0.2) is 18.2 Å². The maximum absolute atomic E-state index is 13.6. The SMILES string of the molecule is O=C(CN[C@H](c1cccc(F)c1F)C(F)(F)F)N1CCNC1=O. The molecule has 3 amide bonds. The molecular weight excluding hydrogens is 325 g/mol. The molecule has 2 N–H and O–H groups in total. The second-order valence-corrected chi connectivity index (χ2v) is 4.78. The van der Waals surface area contributed by atoms with E-state index in [0.717, 1.165) is 17.0 Å². The van der Waals surface area contributed by atoms with Gasteiger partial charge in [0.2, 0.25) is 5.91 Å². The lowest BCUT2D eigenvalue weighted by molar-refractivity contribution is -0.159. The number of hydrogen-bond acceptors (Lipinski definition) is 3. The summed E-state index contributed by atoms with van der Waals surface area (Å²) in [5.74, 6) is -3.97. The molecule has 0 bridgehead atoms. The molecule has 1 atom stereocenters. The highest BCUT2D eigenvalue weighted by Crippen LogP contribution is 2.34. The summed E-state index contributed by atoms with van der Waals surface area (Å²) >= 11 is 0. The van der Waals surface area contributed by atoms with Gasteiger partial charge < -0.3 is 5.32 Å². The van der Waals surface area contributed by atoms with E-state index < -0.39 is 47.9 Å². The molecule has 5 nitrogen and oxygen atoms in total. The predicted molar refractivity (Wildman–Crippen MR) is 68.3 cm³/mol. The van der Waals surface area contributed by atoms with Crippen molar-refractivity contribution in [3.8, 4) is 0 Å². The first-order chi connectivity index (χ1) is 10.7. The van der Waals surface area contributed by atoms with Gasteiger partial charge in [-0.1, -0.05) is 12.1 Å². The first-order valence-corrected chi connectivity index (χ1v) is 6.54. The molecule has 0 spiro atoms. The van der Waals surface area contributed by atoms with Crippen LogP contribution in [0.2, 0.25) is 0 Å². The first-order valence-electron chi connectivity index (χ1n) is 6.54. The van der Waals surface area contributed by atoms with Crippen molar-refractivity contribution in [1.29, 1.82) is 0 Å². The minimum absolute atomic E-state index is 0.0321. The van der Waals surface area contributed by atoms with E-state index in [1.165, 1.54) is 0 Å². The molecule has 0 unspecified atom stereocenters. The molecule has 1 aromatic rings. The van der Waals surface area contributed by atoms with Crippen molar-refractivity contribution in [3.05, 3.63) is 35.4 Å². The van der Waals surface area contributed by atoms with Crippen LogP contribution in [0, 0.1) is 11.6 Å². The molecule has 2 rings (SSSR count). The second-order valence-electron chi connectivity index (χ2n) is 4.78. The fourth-order valence-corrected chi connectivity index (χ4v) is 2.14. The minimum Gasteiger partial charge on any atom is -0.336 e. The third kappa shape index (κ3) is 3.76. The van der Waals surface area contributed by atoms with E-state index in [2.05, 4.69) is 5.32 Å². The van der Waals surface area contributed by atoms with Gasteiger partial charge in [0.15, 0.2) is 11.6 Å². The van der Waals surface area contributed by atoms with Gasteiger partial charge in [-0.05, 0) is 6.07 Å². The fourth-order valence-electron chi connectivity index (χ4n) is 2.14. The first kappa shape index (κ1) is 17.1. The van der Waals surface area contributed by atoms with Crippen LogP contribution >= 0.6 is 0 Å². The van der Waals surface area contributed by atoms with Crippen molar-refractivity contribution in [2.75, 3.05) is 19.6 Å². The molecule has 0 saturated carbocycles. The zero-order valence-corrected chi connectivity index (χ0v) is 11.6. The maximum atomic E-state index is 13.6. The van der Waals surface area contributed by atoms with E-state index in [0.29, 0.717) is 6.07 Å². The summed E-state index contributed by atoms with van der Waals surface area (Å²) in [6.45, 7) is -0.621. The van der Waals surface area contributed by atoms with Crippen LogP contribution in [-0.4, -0.2) is 42.6 Å². The number of rotatable bonds is 4. The van der Waals surface area contributed by atoms with Crippen molar-refractivity contribution in [2.45, 2.75) is 12.2 Å². The number of alkyl halides is 3. The molecule has 1 heterocycles. The number of nitrogens with one attached hydrogen (secondary N) is 2. The summed E-state index contributed by atoms with van der Waals surface area (Å²) in [7, 11) is 0. The smallest absolute Gasteiger partial charge is 0.336 e. The Hall–Kier alpha value is -2.23. The van der Waals surface area contributed by atoms with Crippen LogP contribution in [-0.2, 0) is 4.79 Å². The average molecular weight is 337 g/mol. The third-order valence-electron chi connectivity index (χ3n) is 3.24. The molecule has 0 aromatic heterocycles. The van der Waals surface area contributed by atoms with E-state index in [4.69, 9.17) is 0 Å². The van der Waals surface area contributed by atoms with Crippen LogP contribution in [0.1, 0.15) is 11.6 Å². The minimum atomic E-state index is -4.96. The van der Waals surface area contributed by atoms with Crippen molar-refractivity contribution in [1.82, 2.24) is 15.5 Å². The van der Waals surface area contributed by atoms with E-state index in [1.807, 2.05) is 5.32 Å². The lowest BCUT2D eigenvalue weighted by Gasteiger charge is -2.23. The number of carbonyl (C=O) groups is 2. The molecule has 0 radical (unpaired) electrons. The summed E-state index contributed by atoms with van der Waals surface area (Å²) in [6.07, 6.45) is -4.96. The highest BCUT2D eigenvalue weighted by Gasteiger charge is 2.43. The summed E-state index contributed by atoms with van der Waals surface area (Å²) in [4.78, 5) is 23.7. The third-order valence-corrected chi connectivity index (χ3v) is 3.24. The number of halogens is 5. The summed E-state index contributed by atoms with van der Waals surface area (Å²) in [5, 5.41) is 4.16. The van der Waals surface area contributed by atoms with Crippen LogP contribution < -0.4 is 10.6 Å². The Morgan fingerprint density at radius 3 is 2.61 bits per heavy atom. The molecule has 1 fully saturated rings. The Balaban J connectivity index is 2.16. The molecule has 1 aliphatic heterocycles. The van der Waals surface area contributed by atoms with Gasteiger partial charge in [0.1, 0.15) is 6.04 Å². The fraction of sp³-hybridized carbons (Fsp3) is 0.385. The molecular formula is C13H12F5N3O2. The van der Waals surface area contributed by atoms with E-state index in [1.54, 1.807) is 0 Å². The van der Waals surface area contributed by atoms with E-state index in [-0.39, 0.29) is 13.1 Å². The van der Waals surface area contributed by atoms with Crippen LogP contribution in [0.4, 0.5) is 26.7 Å². The highest BCUT2D eigenvalue weighted by atomic mass is 19.4. The molecule has 1 aromatic carbocycles.